The smallest absolute Gasteiger partial charge is 0.258 e. The van der Waals surface area contributed by atoms with Gasteiger partial charge in [-0.25, -0.2) is 4.98 Å². The van der Waals surface area contributed by atoms with Gasteiger partial charge in [0.25, 0.3) is 5.56 Å². The highest BCUT2D eigenvalue weighted by Gasteiger charge is 2.09. The van der Waals surface area contributed by atoms with Gasteiger partial charge in [-0.1, -0.05) is 12.1 Å². The maximum absolute atomic E-state index is 11.9. The van der Waals surface area contributed by atoms with E-state index in [0.717, 1.165) is 5.52 Å². The fourth-order valence-corrected chi connectivity index (χ4v) is 1.78. The number of hydrogen-bond donors (Lipinski definition) is 2. The number of fused-ring (bicyclic) bond motifs is 1. The van der Waals surface area contributed by atoms with Gasteiger partial charge in [-0.2, -0.15) is 0 Å². The summed E-state index contributed by atoms with van der Waals surface area (Å²) in [5.41, 5.74) is 0.618. The molecule has 2 rings (SSSR count). The van der Waals surface area contributed by atoms with E-state index in [4.69, 9.17) is 4.74 Å². The Kier molecular flexibility index (Phi) is 4.07. The van der Waals surface area contributed by atoms with Crippen molar-refractivity contribution in [1.82, 2.24) is 15.3 Å². The van der Waals surface area contributed by atoms with Crippen LogP contribution < -0.4 is 10.9 Å². The third-order valence-corrected chi connectivity index (χ3v) is 2.80. The van der Waals surface area contributed by atoms with E-state index in [0.29, 0.717) is 24.4 Å². The number of aromatic nitrogens is 2. The second-order valence-corrected chi connectivity index (χ2v) is 4.14. The fourth-order valence-electron chi connectivity index (χ4n) is 1.78. The predicted molar refractivity (Wildman–Crippen MR) is 70.7 cm³/mol. The van der Waals surface area contributed by atoms with E-state index >= 15 is 0 Å². The summed E-state index contributed by atoms with van der Waals surface area (Å²) in [6, 6.07) is 7.31. The molecule has 0 saturated carbocycles. The van der Waals surface area contributed by atoms with Gasteiger partial charge < -0.3 is 15.0 Å². The maximum Gasteiger partial charge on any atom is 0.258 e. The van der Waals surface area contributed by atoms with Crippen molar-refractivity contribution in [1.29, 1.82) is 0 Å². The number of benzene rings is 1. The Labute approximate surface area is 105 Å². The molecule has 5 nitrogen and oxygen atoms in total. The molecule has 0 aliphatic rings. The number of methoxy groups -OCH3 is 1. The molecule has 0 bridgehead atoms. The quantitative estimate of drug-likeness (QED) is 0.780. The minimum Gasteiger partial charge on any atom is -0.383 e. The minimum atomic E-state index is -0.101. The van der Waals surface area contributed by atoms with Crippen molar-refractivity contribution in [3.8, 4) is 0 Å². The van der Waals surface area contributed by atoms with Gasteiger partial charge in [0.2, 0.25) is 0 Å². The molecular formula is C13H17N3O2. The van der Waals surface area contributed by atoms with Gasteiger partial charge in [0.05, 0.1) is 23.6 Å². The minimum absolute atomic E-state index is 0.0162. The number of ether oxygens (including phenoxy) is 1. The first-order chi connectivity index (χ1) is 8.72. The largest absolute Gasteiger partial charge is 0.383 e. The SMILES string of the molecule is COCCNC(C)c1nc2ccccc2c(=O)[nH]1. The number of para-hydroxylation sites is 1. The second-order valence-electron chi connectivity index (χ2n) is 4.14. The maximum atomic E-state index is 11.9. The lowest BCUT2D eigenvalue weighted by atomic mass is 10.2. The van der Waals surface area contributed by atoms with Crippen molar-refractivity contribution in [2.24, 2.45) is 0 Å². The monoisotopic (exact) mass is 247 g/mol. The number of nitrogens with zero attached hydrogens (tertiary/aromatic N) is 1. The Morgan fingerprint density at radius 3 is 3.00 bits per heavy atom. The van der Waals surface area contributed by atoms with Gasteiger partial charge in [-0.15, -0.1) is 0 Å². The topological polar surface area (TPSA) is 67.0 Å². The summed E-state index contributed by atoms with van der Waals surface area (Å²) in [4.78, 5) is 19.1. The van der Waals surface area contributed by atoms with Gasteiger partial charge in [0, 0.05) is 13.7 Å². The molecule has 1 aromatic heterocycles. The molecule has 5 heteroatoms. The van der Waals surface area contributed by atoms with Crippen molar-refractivity contribution in [3.63, 3.8) is 0 Å². The molecule has 2 N–H and O–H groups in total. The zero-order chi connectivity index (χ0) is 13.0. The van der Waals surface area contributed by atoms with E-state index in [1.54, 1.807) is 13.2 Å². The summed E-state index contributed by atoms with van der Waals surface area (Å²) in [6.45, 7) is 3.30. The lowest BCUT2D eigenvalue weighted by molar-refractivity contribution is 0.196. The van der Waals surface area contributed by atoms with Crippen LogP contribution in [0.3, 0.4) is 0 Å². The van der Waals surface area contributed by atoms with Crippen LogP contribution in [0.4, 0.5) is 0 Å². The van der Waals surface area contributed by atoms with Crippen LogP contribution in [0.5, 0.6) is 0 Å². The first-order valence-electron chi connectivity index (χ1n) is 5.93. The van der Waals surface area contributed by atoms with Crippen LogP contribution in [0.25, 0.3) is 10.9 Å². The van der Waals surface area contributed by atoms with Gasteiger partial charge >= 0.3 is 0 Å². The van der Waals surface area contributed by atoms with E-state index in [2.05, 4.69) is 15.3 Å². The summed E-state index contributed by atoms with van der Waals surface area (Å²) in [7, 11) is 1.66. The molecule has 96 valence electrons. The third-order valence-electron chi connectivity index (χ3n) is 2.80. The molecular weight excluding hydrogens is 230 g/mol. The van der Waals surface area contributed by atoms with E-state index < -0.39 is 0 Å². The van der Waals surface area contributed by atoms with Crippen LogP contribution in [0.1, 0.15) is 18.8 Å². The Morgan fingerprint density at radius 1 is 1.44 bits per heavy atom. The number of nitrogens with one attached hydrogen (secondary N) is 2. The Balaban J connectivity index is 2.26. The van der Waals surface area contributed by atoms with Gasteiger partial charge in [0.15, 0.2) is 0 Å². The molecule has 0 radical (unpaired) electrons. The molecule has 0 spiro atoms. The third kappa shape index (κ3) is 2.75. The Morgan fingerprint density at radius 2 is 2.22 bits per heavy atom. The zero-order valence-corrected chi connectivity index (χ0v) is 10.6. The fraction of sp³-hybridized carbons (Fsp3) is 0.385. The molecule has 0 saturated heterocycles. The first-order valence-corrected chi connectivity index (χ1v) is 5.93. The lowest BCUT2D eigenvalue weighted by Crippen LogP contribution is -2.26. The van der Waals surface area contributed by atoms with E-state index in [1.807, 2.05) is 25.1 Å². The highest BCUT2D eigenvalue weighted by atomic mass is 16.5. The van der Waals surface area contributed by atoms with Crippen LogP contribution in [0, 0.1) is 0 Å². The number of hydrogen-bond acceptors (Lipinski definition) is 4. The average Bonchev–Trinajstić information content (AvgIpc) is 2.39. The highest BCUT2D eigenvalue weighted by molar-refractivity contribution is 5.77. The molecule has 18 heavy (non-hydrogen) atoms. The molecule has 2 aromatic rings. The highest BCUT2D eigenvalue weighted by Crippen LogP contribution is 2.10. The van der Waals surface area contributed by atoms with Crippen molar-refractivity contribution < 1.29 is 4.74 Å². The lowest BCUT2D eigenvalue weighted by Gasteiger charge is -2.13. The van der Waals surface area contributed by atoms with E-state index in [-0.39, 0.29) is 11.6 Å². The number of aromatic amines is 1. The van der Waals surface area contributed by atoms with Crippen LogP contribution in [-0.2, 0) is 4.74 Å². The van der Waals surface area contributed by atoms with Crippen LogP contribution in [0.2, 0.25) is 0 Å². The average molecular weight is 247 g/mol. The van der Waals surface area contributed by atoms with E-state index in [1.165, 1.54) is 0 Å². The predicted octanol–water partition coefficient (Wildman–Crippen LogP) is 1.22. The van der Waals surface area contributed by atoms with Crippen LogP contribution in [-0.4, -0.2) is 30.2 Å². The van der Waals surface area contributed by atoms with Gasteiger partial charge in [0.1, 0.15) is 5.82 Å². The second kappa shape index (κ2) is 5.75. The molecule has 0 aliphatic heterocycles. The zero-order valence-electron chi connectivity index (χ0n) is 10.6. The van der Waals surface area contributed by atoms with Crippen molar-refractivity contribution in [3.05, 3.63) is 40.4 Å². The summed E-state index contributed by atoms with van der Waals surface area (Å²) in [5.74, 6) is 0.648. The Bertz CT molecular complexity index is 580. The molecule has 0 aliphatic carbocycles. The van der Waals surface area contributed by atoms with Crippen LogP contribution in [0.15, 0.2) is 29.1 Å². The normalized spacial score (nSPS) is 12.8. The summed E-state index contributed by atoms with van der Waals surface area (Å²) in [6.07, 6.45) is 0. The number of rotatable bonds is 5. The van der Waals surface area contributed by atoms with Crippen molar-refractivity contribution in [2.75, 3.05) is 20.3 Å². The summed E-state index contributed by atoms with van der Waals surface area (Å²) < 4.78 is 4.97. The first kappa shape index (κ1) is 12.7. The molecule has 1 aromatic carbocycles. The van der Waals surface area contributed by atoms with Crippen LogP contribution >= 0.6 is 0 Å². The summed E-state index contributed by atoms with van der Waals surface area (Å²) >= 11 is 0. The standard InChI is InChI=1S/C13H17N3O2/c1-9(14-7-8-18-2)12-15-11-6-4-3-5-10(11)13(17)16-12/h3-6,9,14H,7-8H2,1-2H3,(H,15,16,17). The van der Waals surface area contributed by atoms with Crippen molar-refractivity contribution >= 4 is 10.9 Å². The molecule has 0 fully saturated rings. The van der Waals surface area contributed by atoms with Crippen molar-refractivity contribution in [2.45, 2.75) is 13.0 Å². The Hall–Kier alpha value is -1.72. The van der Waals surface area contributed by atoms with Gasteiger partial charge in [-0.05, 0) is 19.1 Å². The molecule has 1 unspecified atom stereocenters. The molecule has 1 heterocycles. The molecule has 0 amide bonds. The summed E-state index contributed by atoms with van der Waals surface area (Å²) in [5, 5.41) is 3.85. The molecule has 1 atom stereocenters. The van der Waals surface area contributed by atoms with Gasteiger partial charge in [-0.3, -0.25) is 4.79 Å². The van der Waals surface area contributed by atoms with E-state index in [9.17, 15) is 4.79 Å². The number of H-pyrrole nitrogens is 1.